The Labute approximate surface area is 178 Å². The molecule has 29 heavy (non-hydrogen) atoms. The summed E-state index contributed by atoms with van der Waals surface area (Å²) in [5, 5.41) is 10.4. The molecule has 2 aromatic heterocycles. The van der Waals surface area contributed by atoms with Gasteiger partial charge in [0, 0.05) is 30.9 Å². The van der Waals surface area contributed by atoms with Crippen LogP contribution in [0.3, 0.4) is 0 Å². The molecule has 1 aliphatic heterocycles. The van der Waals surface area contributed by atoms with Crippen molar-refractivity contribution in [1.29, 1.82) is 0 Å². The highest BCUT2D eigenvalue weighted by atomic mass is 32.1. The highest BCUT2D eigenvalue weighted by Gasteiger charge is 2.38. The van der Waals surface area contributed by atoms with Crippen molar-refractivity contribution in [1.82, 2.24) is 9.91 Å². The molecule has 1 aliphatic carbocycles. The SMILES string of the molecule is COCCN(CC(=O)N1N=C(c2cccs2)C[C@H]1c1sccc1C)C(=O)C1CC1. The molecule has 8 heteroatoms. The van der Waals surface area contributed by atoms with Gasteiger partial charge in [-0.05, 0) is 48.2 Å². The number of ether oxygens (including phenoxy) is 1. The summed E-state index contributed by atoms with van der Waals surface area (Å²) in [6, 6.07) is 6.00. The molecule has 0 unspecified atom stereocenters. The third-order valence-corrected chi connectivity index (χ3v) is 7.34. The number of nitrogens with zero attached hydrogens (tertiary/aromatic N) is 3. The Kier molecular flexibility index (Phi) is 6.12. The summed E-state index contributed by atoms with van der Waals surface area (Å²) in [4.78, 5) is 29.8. The number of carbonyl (C=O) groups excluding carboxylic acids is 2. The number of rotatable bonds is 8. The highest BCUT2D eigenvalue weighted by Crippen LogP contribution is 2.38. The van der Waals surface area contributed by atoms with Crippen molar-refractivity contribution >= 4 is 40.2 Å². The first-order chi connectivity index (χ1) is 14.1. The molecule has 0 radical (unpaired) electrons. The Morgan fingerprint density at radius 2 is 2.10 bits per heavy atom. The molecule has 2 aromatic rings. The van der Waals surface area contributed by atoms with Gasteiger partial charge in [-0.2, -0.15) is 5.10 Å². The normalized spacial score (nSPS) is 18.8. The van der Waals surface area contributed by atoms with Gasteiger partial charge in [0.25, 0.3) is 5.91 Å². The zero-order valence-corrected chi connectivity index (χ0v) is 18.3. The number of hydrogen-bond acceptors (Lipinski definition) is 6. The quantitative estimate of drug-likeness (QED) is 0.641. The molecule has 1 atom stereocenters. The monoisotopic (exact) mass is 431 g/mol. The predicted octanol–water partition coefficient (Wildman–Crippen LogP) is 3.68. The minimum Gasteiger partial charge on any atom is -0.383 e. The Morgan fingerprint density at radius 1 is 1.28 bits per heavy atom. The van der Waals surface area contributed by atoms with E-state index in [9.17, 15) is 9.59 Å². The van der Waals surface area contributed by atoms with E-state index in [4.69, 9.17) is 9.84 Å². The van der Waals surface area contributed by atoms with Crippen molar-refractivity contribution in [2.24, 2.45) is 11.0 Å². The molecule has 154 valence electrons. The van der Waals surface area contributed by atoms with Crippen molar-refractivity contribution in [3.8, 4) is 0 Å². The zero-order valence-electron chi connectivity index (χ0n) is 16.7. The molecule has 6 nitrogen and oxygen atoms in total. The van der Waals surface area contributed by atoms with Crippen LogP contribution in [0.25, 0.3) is 0 Å². The van der Waals surface area contributed by atoms with E-state index in [1.807, 2.05) is 17.5 Å². The lowest BCUT2D eigenvalue weighted by molar-refractivity contribution is -0.142. The maximum Gasteiger partial charge on any atom is 0.262 e. The van der Waals surface area contributed by atoms with Crippen LogP contribution in [0.2, 0.25) is 0 Å². The average Bonchev–Trinajstić information content (AvgIpc) is 3.10. The summed E-state index contributed by atoms with van der Waals surface area (Å²) < 4.78 is 5.15. The fraction of sp³-hybridized carbons (Fsp3) is 0.476. The van der Waals surface area contributed by atoms with E-state index < -0.39 is 0 Å². The van der Waals surface area contributed by atoms with Crippen molar-refractivity contribution < 1.29 is 14.3 Å². The van der Waals surface area contributed by atoms with Crippen LogP contribution in [0.5, 0.6) is 0 Å². The lowest BCUT2D eigenvalue weighted by atomic mass is 10.1. The van der Waals surface area contributed by atoms with Gasteiger partial charge in [0.1, 0.15) is 6.54 Å². The third kappa shape index (κ3) is 4.44. The van der Waals surface area contributed by atoms with E-state index in [0.717, 1.165) is 28.3 Å². The van der Waals surface area contributed by atoms with Gasteiger partial charge in [-0.1, -0.05) is 6.07 Å². The molecule has 0 bridgehead atoms. The molecule has 0 saturated heterocycles. The van der Waals surface area contributed by atoms with E-state index in [1.54, 1.807) is 39.7 Å². The first-order valence-electron chi connectivity index (χ1n) is 9.83. The van der Waals surface area contributed by atoms with Crippen molar-refractivity contribution in [2.45, 2.75) is 32.2 Å². The number of aryl methyl sites for hydroxylation is 1. The van der Waals surface area contributed by atoms with E-state index in [1.165, 1.54) is 5.56 Å². The summed E-state index contributed by atoms with van der Waals surface area (Å²) in [6.07, 6.45) is 2.53. The second-order valence-electron chi connectivity index (χ2n) is 7.48. The summed E-state index contributed by atoms with van der Waals surface area (Å²) in [6.45, 7) is 2.96. The topological polar surface area (TPSA) is 62.2 Å². The third-order valence-electron chi connectivity index (χ3n) is 5.31. The van der Waals surface area contributed by atoms with Gasteiger partial charge < -0.3 is 9.64 Å². The molecule has 0 spiro atoms. The fourth-order valence-electron chi connectivity index (χ4n) is 3.55. The van der Waals surface area contributed by atoms with Crippen LogP contribution in [0.1, 0.15) is 40.6 Å². The van der Waals surface area contributed by atoms with Gasteiger partial charge in [0.2, 0.25) is 5.91 Å². The maximum atomic E-state index is 13.3. The Balaban J connectivity index is 1.56. The smallest absolute Gasteiger partial charge is 0.262 e. The lowest BCUT2D eigenvalue weighted by Crippen LogP contribution is -2.43. The van der Waals surface area contributed by atoms with Gasteiger partial charge in [0.05, 0.1) is 23.2 Å². The number of amides is 2. The Bertz CT molecular complexity index is 902. The number of hydrogen-bond donors (Lipinski definition) is 0. The predicted molar refractivity (Wildman–Crippen MR) is 115 cm³/mol. The largest absolute Gasteiger partial charge is 0.383 e. The van der Waals surface area contributed by atoms with Gasteiger partial charge in [0.15, 0.2) is 0 Å². The van der Waals surface area contributed by atoms with Crippen LogP contribution >= 0.6 is 22.7 Å². The first-order valence-corrected chi connectivity index (χ1v) is 11.6. The minimum atomic E-state index is -0.139. The van der Waals surface area contributed by atoms with Gasteiger partial charge in [-0.25, -0.2) is 5.01 Å². The number of methoxy groups -OCH3 is 1. The van der Waals surface area contributed by atoms with Crippen molar-refractivity contribution in [3.05, 3.63) is 44.3 Å². The Morgan fingerprint density at radius 3 is 2.72 bits per heavy atom. The number of hydrazone groups is 1. The zero-order chi connectivity index (χ0) is 20.4. The molecule has 0 N–H and O–H groups in total. The van der Waals surface area contributed by atoms with Crippen LogP contribution in [0.4, 0.5) is 0 Å². The van der Waals surface area contributed by atoms with E-state index >= 15 is 0 Å². The van der Waals surface area contributed by atoms with E-state index in [0.29, 0.717) is 19.6 Å². The molecule has 2 amide bonds. The number of thiophene rings is 2. The van der Waals surface area contributed by atoms with Gasteiger partial charge in [-0.3, -0.25) is 9.59 Å². The van der Waals surface area contributed by atoms with Crippen molar-refractivity contribution in [2.75, 3.05) is 26.8 Å². The molecule has 2 aliphatic rings. The van der Waals surface area contributed by atoms with E-state index in [2.05, 4.69) is 18.4 Å². The van der Waals surface area contributed by atoms with E-state index in [-0.39, 0.29) is 30.3 Å². The Hall–Kier alpha value is -2.03. The maximum absolute atomic E-state index is 13.3. The molecule has 0 aromatic carbocycles. The summed E-state index contributed by atoms with van der Waals surface area (Å²) >= 11 is 3.29. The number of carbonyl (C=O) groups is 2. The summed E-state index contributed by atoms with van der Waals surface area (Å²) in [7, 11) is 1.61. The fourth-order valence-corrected chi connectivity index (χ4v) is 5.29. The van der Waals surface area contributed by atoms with Gasteiger partial charge >= 0.3 is 0 Å². The van der Waals surface area contributed by atoms with Crippen LogP contribution in [-0.4, -0.2) is 54.2 Å². The van der Waals surface area contributed by atoms with Crippen LogP contribution in [-0.2, 0) is 14.3 Å². The highest BCUT2D eigenvalue weighted by molar-refractivity contribution is 7.12. The van der Waals surface area contributed by atoms with Gasteiger partial charge in [-0.15, -0.1) is 22.7 Å². The van der Waals surface area contributed by atoms with Crippen LogP contribution < -0.4 is 0 Å². The molecular weight excluding hydrogens is 406 g/mol. The second kappa shape index (κ2) is 8.77. The van der Waals surface area contributed by atoms with Crippen molar-refractivity contribution in [3.63, 3.8) is 0 Å². The molecule has 1 saturated carbocycles. The van der Waals surface area contributed by atoms with Crippen LogP contribution in [0, 0.1) is 12.8 Å². The molecule has 4 rings (SSSR count). The average molecular weight is 432 g/mol. The first kappa shape index (κ1) is 20.3. The second-order valence-corrected chi connectivity index (χ2v) is 9.37. The molecular formula is C21H25N3O3S2. The summed E-state index contributed by atoms with van der Waals surface area (Å²) in [5.74, 6) is -0.0147. The minimum absolute atomic E-state index is 0.0425. The molecule has 1 fully saturated rings. The van der Waals surface area contributed by atoms with Crippen LogP contribution in [0.15, 0.2) is 34.1 Å². The molecule has 3 heterocycles. The lowest BCUT2D eigenvalue weighted by Gasteiger charge is -2.26. The standard InChI is InChI=1S/C21H25N3O3S2/c1-14-7-11-29-20(14)17-12-16(18-4-3-10-28-18)22-24(17)19(25)13-23(8-9-27-2)21(26)15-5-6-15/h3-4,7,10-11,15,17H,5-6,8-9,12-13H2,1-2H3/t17-/m0/s1. The summed E-state index contributed by atoms with van der Waals surface area (Å²) in [5.41, 5.74) is 2.11.